The molecule has 0 bridgehead atoms. The standard InChI is InChI=1S/C6H9F3N4/c1-13-5(6(7,8)9)4(2-3-10)11-12-13/h2-3,10H2,1H3. The van der Waals surface area contributed by atoms with Gasteiger partial charge in [-0.05, 0) is 6.54 Å². The maximum atomic E-state index is 12.3. The van der Waals surface area contributed by atoms with Crippen LogP contribution in [0.25, 0.3) is 0 Å². The molecule has 7 heteroatoms. The predicted molar refractivity (Wildman–Crippen MR) is 38.8 cm³/mol. The van der Waals surface area contributed by atoms with Crippen molar-refractivity contribution in [2.24, 2.45) is 12.8 Å². The van der Waals surface area contributed by atoms with Crippen molar-refractivity contribution in [2.75, 3.05) is 6.54 Å². The summed E-state index contributed by atoms with van der Waals surface area (Å²) >= 11 is 0. The van der Waals surface area contributed by atoms with Crippen LogP contribution in [0.4, 0.5) is 13.2 Å². The average molecular weight is 194 g/mol. The minimum Gasteiger partial charge on any atom is -0.330 e. The summed E-state index contributed by atoms with van der Waals surface area (Å²) in [4.78, 5) is 0. The number of rotatable bonds is 2. The summed E-state index contributed by atoms with van der Waals surface area (Å²) in [6, 6.07) is 0. The van der Waals surface area contributed by atoms with Crippen LogP contribution in [0, 0.1) is 0 Å². The summed E-state index contributed by atoms with van der Waals surface area (Å²) in [7, 11) is 1.20. The Kier molecular flexibility index (Phi) is 2.55. The van der Waals surface area contributed by atoms with Crippen molar-refractivity contribution in [1.29, 1.82) is 0 Å². The number of alkyl halides is 3. The van der Waals surface area contributed by atoms with Crippen LogP contribution in [0.2, 0.25) is 0 Å². The lowest BCUT2D eigenvalue weighted by Crippen LogP contribution is -2.16. The van der Waals surface area contributed by atoms with Gasteiger partial charge in [-0.2, -0.15) is 13.2 Å². The Morgan fingerprint density at radius 2 is 2.08 bits per heavy atom. The van der Waals surface area contributed by atoms with E-state index in [1.54, 1.807) is 0 Å². The van der Waals surface area contributed by atoms with Crippen LogP contribution in [0.15, 0.2) is 0 Å². The Labute approximate surface area is 72.5 Å². The highest BCUT2D eigenvalue weighted by molar-refractivity contribution is 5.13. The van der Waals surface area contributed by atoms with Crippen LogP contribution in [0.1, 0.15) is 11.4 Å². The molecule has 0 aromatic carbocycles. The van der Waals surface area contributed by atoms with Gasteiger partial charge in [-0.1, -0.05) is 5.21 Å². The van der Waals surface area contributed by atoms with Gasteiger partial charge >= 0.3 is 6.18 Å². The molecular formula is C6H9F3N4. The van der Waals surface area contributed by atoms with Gasteiger partial charge in [0, 0.05) is 13.5 Å². The van der Waals surface area contributed by atoms with Crippen molar-refractivity contribution in [2.45, 2.75) is 12.6 Å². The van der Waals surface area contributed by atoms with E-state index in [4.69, 9.17) is 5.73 Å². The Balaban J connectivity index is 3.09. The largest absolute Gasteiger partial charge is 0.434 e. The molecule has 0 aliphatic rings. The van der Waals surface area contributed by atoms with Crippen LogP contribution in [-0.4, -0.2) is 21.5 Å². The van der Waals surface area contributed by atoms with E-state index in [9.17, 15) is 13.2 Å². The van der Waals surface area contributed by atoms with Crippen LogP contribution in [0.3, 0.4) is 0 Å². The van der Waals surface area contributed by atoms with E-state index in [1.807, 2.05) is 0 Å². The summed E-state index contributed by atoms with van der Waals surface area (Å²) in [5, 5.41) is 6.68. The van der Waals surface area contributed by atoms with Gasteiger partial charge in [-0.15, -0.1) is 5.10 Å². The fraction of sp³-hybridized carbons (Fsp3) is 0.667. The Morgan fingerprint density at radius 3 is 2.54 bits per heavy atom. The second-order valence-corrected chi connectivity index (χ2v) is 2.54. The van der Waals surface area contributed by atoms with E-state index in [1.165, 1.54) is 7.05 Å². The van der Waals surface area contributed by atoms with Gasteiger partial charge in [0.05, 0.1) is 5.69 Å². The molecule has 0 aliphatic heterocycles. The fourth-order valence-electron chi connectivity index (χ4n) is 1.05. The Bertz CT molecular complexity index is 291. The highest BCUT2D eigenvalue weighted by Gasteiger charge is 2.37. The second kappa shape index (κ2) is 3.33. The lowest BCUT2D eigenvalue weighted by molar-refractivity contribution is -0.144. The third-order valence-corrected chi connectivity index (χ3v) is 1.55. The molecule has 0 saturated carbocycles. The first-order valence-corrected chi connectivity index (χ1v) is 3.62. The van der Waals surface area contributed by atoms with Gasteiger partial charge in [-0.25, -0.2) is 4.68 Å². The average Bonchev–Trinajstić information content (AvgIpc) is 2.31. The zero-order valence-corrected chi connectivity index (χ0v) is 6.97. The van der Waals surface area contributed by atoms with Gasteiger partial charge in [0.25, 0.3) is 0 Å². The van der Waals surface area contributed by atoms with Crippen LogP contribution >= 0.6 is 0 Å². The molecular weight excluding hydrogens is 185 g/mol. The monoisotopic (exact) mass is 194 g/mol. The number of aryl methyl sites for hydroxylation is 1. The minimum atomic E-state index is -4.41. The van der Waals surface area contributed by atoms with Crippen molar-refractivity contribution < 1.29 is 13.2 Å². The smallest absolute Gasteiger partial charge is 0.330 e. The van der Waals surface area contributed by atoms with E-state index < -0.39 is 11.9 Å². The van der Waals surface area contributed by atoms with Gasteiger partial charge in [0.15, 0.2) is 5.69 Å². The third kappa shape index (κ3) is 1.97. The van der Waals surface area contributed by atoms with Crippen molar-refractivity contribution in [3.8, 4) is 0 Å². The molecule has 1 aromatic rings. The summed E-state index contributed by atoms with van der Waals surface area (Å²) in [6.45, 7) is 0.127. The lowest BCUT2D eigenvalue weighted by atomic mass is 10.2. The molecule has 74 valence electrons. The number of hydrogen-bond acceptors (Lipinski definition) is 3. The number of nitrogens with zero attached hydrogens (tertiary/aromatic N) is 3. The molecule has 0 unspecified atom stereocenters. The molecule has 1 aromatic heterocycles. The molecule has 4 nitrogen and oxygen atoms in total. The van der Waals surface area contributed by atoms with Gasteiger partial charge in [-0.3, -0.25) is 0 Å². The SMILES string of the molecule is Cn1nnc(CCN)c1C(F)(F)F. The topological polar surface area (TPSA) is 56.7 Å². The third-order valence-electron chi connectivity index (χ3n) is 1.55. The summed E-state index contributed by atoms with van der Waals surface area (Å²) < 4.78 is 37.7. The van der Waals surface area contributed by atoms with E-state index >= 15 is 0 Å². The zero-order valence-electron chi connectivity index (χ0n) is 6.97. The van der Waals surface area contributed by atoms with Crippen molar-refractivity contribution >= 4 is 0 Å². The van der Waals surface area contributed by atoms with E-state index in [0.717, 1.165) is 0 Å². The maximum Gasteiger partial charge on any atom is 0.434 e. The molecule has 0 radical (unpaired) electrons. The summed E-state index contributed by atoms with van der Waals surface area (Å²) in [5.41, 5.74) is 4.22. The molecule has 1 rings (SSSR count). The molecule has 0 atom stereocenters. The van der Waals surface area contributed by atoms with Gasteiger partial charge in [0.2, 0.25) is 0 Å². The highest BCUT2D eigenvalue weighted by Crippen LogP contribution is 2.30. The lowest BCUT2D eigenvalue weighted by Gasteiger charge is -2.07. The molecule has 0 spiro atoms. The van der Waals surface area contributed by atoms with Crippen molar-refractivity contribution in [1.82, 2.24) is 15.0 Å². The van der Waals surface area contributed by atoms with E-state index in [2.05, 4.69) is 10.3 Å². The molecule has 13 heavy (non-hydrogen) atoms. The predicted octanol–water partition coefficient (Wildman–Crippen LogP) is 0.335. The van der Waals surface area contributed by atoms with Gasteiger partial charge < -0.3 is 5.73 Å². The van der Waals surface area contributed by atoms with Crippen LogP contribution < -0.4 is 5.73 Å². The van der Waals surface area contributed by atoms with Crippen LogP contribution in [-0.2, 0) is 19.6 Å². The molecule has 0 amide bonds. The zero-order chi connectivity index (χ0) is 10.1. The first-order valence-electron chi connectivity index (χ1n) is 3.62. The number of nitrogens with two attached hydrogens (primary N) is 1. The van der Waals surface area contributed by atoms with Gasteiger partial charge in [0.1, 0.15) is 0 Å². The molecule has 0 aliphatic carbocycles. The normalized spacial score (nSPS) is 12.1. The fourth-order valence-corrected chi connectivity index (χ4v) is 1.05. The number of hydrogen-bond donors (Lipinski definition) is 1. The maximum absolute atomic E-state index is 12.3. The van der Waals surface area contributed by atoms with Crippen LogP contribution in [0.5, 0.6) is 0 Å². The Morgan fingerprint density at radius 1 is 1.46 bits per heavy atom. The molecule has 1 heterocycles. The molecule has 0 fully saturated rings. The first-order chi connectivity index (χ1) is 5.96. The minimum absolute atomic E-state index is 0.0860. The summed E-state index contributed by atoms with van der Waals surface area (Å²) in [6.07, 6.45) is -4.33. The quantitative estimate of drug-likeness (QED) is 0.738. The number of halogens is 3. The highest BCUT2D eigenvalue weighted by atomic mass is 19.4. The molecule has 0 saturated heterocycles. The summed E-state index contributed by atoms with van der Waals surface area (Å²) in [5.74, 6) is 0. The van der Waals surface area contributed by atoms with E-state index in [0.29, 0.717) is 4.68 Å². The van der Waals surface area contributed by atoms with Crippen molar-refractivity contribution in [3.05, 3.63) is 11.4 Å². The number of aromatic nitrogens is 3. The van der Waals surface area contributed by atoms with Crippen molar-refractivity contribution in [3.63, 3.8) is 0 Å². The first kappa shape index (κ1) is 9.97. The molecule has 2 N–H and O–H groups in total. The van der Waals surface area contributed by atoms with E-state index in [-0.39, 0.29) is 18.7 Å². The second-order valence-electron chi connectivity index (χ2n) is 2.54. The Hall–Kier alpha value is -1.11.